The van der Waals surface area contributed by atoms with E-state index >= 15 is 0 Å². The lowest BCUT2D eigenvalue weighted by molar-refractivity contribution is -0.218. The lowest BCUT2D eigenvalue weighted by Gasteiger charge is -2.36. The number of amides is 2. The highest BCUT2D eigenvalue weighted by atomic mass is 19.4. The summed E-state index contributed by atoms with van der Waals surface area (Å²) in [5.74, 6) is -2.78. The molecule has 2 amide bonds. The van der Waals surface area contributed by atoms with Gasteiger partial charge in [0.15, 0.2) is 11.5 Å². The van der Waals surface area contributed by atoms with Gasteiger partial charge < -0.3 is 19.9 Å². The number of nitrogens with zero attached hydrogens (tertiary/aromatic N) is 5. The largest absolute Gasteiger partial charge is 0.397 e. The van der Waals surface area contributed by atoms with E-state index in [9.17, 15) is 27.2 Å². The van der Waals surface area contributed by atoms with Crippen LogP contribution in [-0.2, 0) is 17.8 Å². The van der Waals surface area contributed by atoms with Crippen LogP contribution in [0.2, 0.25) is 0 Å². The number of ether oxygens (including phenoxy) is 1. The number of anilines is 2. The lowest BCUT2D eigenvalue weighted by atomic mass is 9.89. The molecule has 0 fully saturated rings. The van der Waals surface area contributed by atoms with Gasteiger partial charge in [-0.3, -0.25) is 19.6 Å². The minimum atomic E-state index is -4.64. The quantitative estimate of drug-likeness (QED) is 0.458. The SMILES string of the molecule is CCn1nc(C)c(F)c1C(=O)Nc1nc2cc(C(N)=O)cc3c2n1C[C@](C)(C(F)(F)F)CN3CCOC. The molecule has 3 heterocycles. The van der Waals surface area contributed by atoms with Gasteiger partial charge in [0.2, 0.25) is 11.9 Å². The number of aromatic nitrogens is 4. The molecule has 1 aliphatic rings. The third-order valence-electron chi connectivity index (χ3n) is 6.54. The molecular formula is C23H27F4N7O3. The van der Waals surface area contributed by atoms with E-state index in [0.717, 1.165) is 11.6 Å². The van der Waals surface area contributed by atoms with Gasteiger partial charge in [-0.15, -0.1) is 0 Å². The number of primary amides is 1. The maximum atomic E-state index is 14.7. The number of imidazole rings is 1. The maximum absolute atomic E-state index is 14.7. The van der Waals surface area contributed by atoms with Gasteiger partial charge in [-0.05, 0) is 32.9 Å². The van der Waals surface area contributed by atoms with Crippen molar-refractivity contribution >= 4 is 34.5 Å². The van der Waals surface area contributed by atoms with Crippen LogP contribution in [0, 0.1) is 18.2 Å². The molecule has 2 aromatic heterocycles. The number of carbonyl (C=O) groups excluding carboxylic acids is 2. The van der Waals surface area contributed by atoms with Crippen molar-refractivity contribution in [3.8, 4) is 0 Å². The van der Waals surface area contributed by atoms with Crippen LogP contribution in [0.25, 0.3) is 11.0 Å². The number of hydrogen-bond acceptors (Lipinski definition) is 6. The van der Waals surface area contributed by atoms with Gasteiger partial charge in [0, 0.05) is 38.9 Å². The third-order valence-corrected chi connectivity index (χ3v) is 6.54. The number of benzene rings is 1. The van der Waals surface area contributed by atoms with Gasteiger partial charge >= 0.3 is 6.18 Å². The average Bonchev–Trinajstić information content (AvgIpc) is 3.25. The van der Waals surface area contributed by atoms with E-state index in [1.165, 1.54) is 35.6 Å². The molecule has 0 unspecified atom stereocenters. The molecule has 0 saturated heterocycles. The van der Waals surface area contributed by atoms with Crippen molar-refractivity contribution in [1.82, 2.24) is 19.3 Å². The molecule has 10 nitrogen and oxygen atoms in total. The minimum absolute atomic E-state index is 0.00485. The summed E-state index contributed by atoms with van der Waals surface area (Å²) >= 11 is 0. The monoisotopic (exact) mass is 525 g/mol. The first-order chi connectivity index (χ1) is 17.3. The van der Waals surface area contributed by atoms with Crippen LogP contribution in [0.4, 0.5) is 29.2 Å². The summed E-state index contributed by atoms with van der Waals surface area (Å²) in [6.45, 7) is 3.49. The highest BCUT2D eigenvalue weighted by Gasteiger charge is 2.54. The Bertz CT molecular complexity index is 1380. The molecule has 3 N–H and O–H groups in total. The normalized spacial score (nSPS) is 17.8. The lowest BCUT2D eigenvalue weighted by Crippen LogP contribution is -2.48. The molecule has 0 bridgehead atoms. The summed E-state index contributed by atoms with van der Waals surface area (Å²) < 4.78 is 65.5. The molecule has 3 aromatic rings. The van der Waals surface area contributed by atoms with Crippen LogP contribution in [0.1, 0.15) is 40.4 Å². The van der Waals surface area contributed by atoms with Crippen molar-refractivity contribution in [2.24, 2.45) is 11.1 Å². The first-order valence-electron chi connectivity index (χ1n) is 11.5. The zero-order valence-electron chi connectivity index (χ0n) is 20.7. The number of aryl methyl sites for hydroxylation is 2. The van der Waals surface area contributed by atoms with Crippen molar-refractivity contribution in [3.63, 3.8) is 0 Å². The molecule has 1 atom stereocenters. The van der Waals surface area contributed by atoms with Crippen molar-refractivity contribution < 1.29 is 31.9 Å². The standard InChI is InChI=1S/C23H27F4N7O3/c1-5-34-18(16(24)12(2)31-34)20(36)30-21-29-14-8-13(19(28)35)9-15-17(14)33(21)11-22(3,23(25,26)27)10-32(15)6-7-37-4/h8-9H,5-7,10-11H2,1-4H3,(H2,28,35)(H,29,30,36)/t22-/m1/s1. The number of hydrogen-bond donors (Lipinski definition) is 2. The van der Waals surface area contributed by atoms with E-state index in [1.54, 1.807) is 6.92 Å². The first kappa shape index (κ1) is 26.4. The molecule has 1 aromatic carbocycles. The molecule has 1 aliphatic heterocycles. The topological polar surface area (TPSA) is 120 Å². The number of halogens is 4. The molecule has 0 aliphatic carbocycles. The molecule has 200 valence electrons. The zero-order valence-corrected chi connectivity index (χ0v) is 20.7. The highest BCUT2D eigenvalue weighted by molar-refractivity contribution is 6.05. The molecule has 14 heteroatoms. The molecule has 0 spiro atoms. The van der Waals surface area contributed by atoms with Crippen molar-refractivity contribution in [2.45, 2.75) is 40.0 Å². The second kappa shape index (κ2) is 9.32. The fourth-order valence-electron chi connectivity index (χ4n) is 4.53. The van der Waals surface area contributed by atoms with Gasteiger partial charge in [-0.1, -0.05) is 0 Å². The number of nitrogens with one attached hydrogen (secondary N) is 1. The number of methoxy groups -OCH3 is 1. The van der Waals surface area contributed by atoms with E-state index in [1.807, 2.05) is 0 Å². The predicted molar refractivity (Wildman–Crippen MR) is 127 cm³/mol. The van der Waals surface area contributed by atoms with Gasteiger partial charge in [-0.25, -0.2) is 9.37 Å². The van der Waals surface area contributed by atoms with Gasteiger partial charge in [0.25, 0.3) is 5.91 Å². The summed E-state index contributed by atoms with van der Waals surface area (Å²) in [4.78, 5) is 30.9. The van der Waals surface area contributed by atoms with E-state index in [4.69, 9.17) is 10.5 Å². The Kier molecular flexibility index (Phi) is 6.65. The van der Waals surface area contributed by atoms with Crippen LogP contribution >= 0.6 is 0 Å². The van der Waals surface area contributed by atoms with Crippen LogP contribution < -0.4 is 16.0 Å². The van der Waals surface area contributed by atoms with E-state index in [2.05, 4.69) is 15.4 Å². The summed E-state index contributed by atoms with van der Waals surface area (Å²) in [7, 11) is 1.43. The Hall–Kier alpha value is -3.68. The second-order valence-corrected chi connectivity index (χ2v) is 9.24. The Morgan fingerprint density at radius 1 is 1.27 bits per heavy atom. The van der Waals surface area contributed by atoms with Crippen molar-refractivity contribution in [1.29, 1.82) is 0 Å². The Morgan fingerprint density at radius 2 is 1.97 bits per heavy atom. The number of rotatable bonds is 7. The number of carbonyl (C=O) groups is 2. The van der Waals surface area contributed by atoms with Crippen LogP contribution in [0.3, 0.4) is 0 Å². The summed E-state index contributed by atoms with van der Waals surface area (Å²) in [5.41, 5.74) is 3.58. The van der Waals surface area contributed by atoms with Gasteiger partial charge in [0.05, 0.1) is 34.4 Å². The van der Waals surface area contributed by atoms with Crippen LogP contribution in [0.5, 0.6) is 0 Å². The summed E-state index contributed by atoms with van der Waals surface area (Å²) in [5, 5.41) is 6.44. The van der Waals surface area contributed by atoms with E-state index in [-0.39, 0.29) is 59.3 Å². The molecule has 0 radical (unpaired) electrons. The first-order valence-corrected chi connectivity index (χ1v) is 11.5. The summed E-state index contributed by atoms with van der Waals surface area (Å²) in [6, 6.07) is 2.75. The van der Waals surface area contributed by atoms with Crippen LogP contribution in [-0.4, -0.2) is 64.1 Å². The fraction of sp³-hybridized carbons (Fsp3) is 0.478. The second-order valence-electron chi connectivity index (χ2n) is 9.24. The van der Waals surface area contributed by atoms with Crippen molar-refractivity contribution in [3.05, 3.63) is 34.9 Å². The van der Waals surface area contributed by atoms with Gasteiger partial charge in [-0.2, -0.15) is 18.3 Å². The fourth-order valence-corrected chi connectivity index (χ4v) is 4.53. The van der Waals surface area contributed by atoms with Gasteiger partial charge in [0.1, 0.15) is 0 Å². The average molecular weight is 526 g/mol. The maximum Gasteiger partial charge on any atom is 0.397 e. The van der Waals surface area contributed by atoms with Crippen molar-refractivity contribution in [2.75, 3.05) is 37.0 Å². The molecule has 4 rings (SSSR count). The molecular weight excluding hydrogens is 498 g/mol. The molecule has 37 heavy (non-hydrogen) atoms. The highest BCUT2D eigenvalue weighted by Crippen LogP contribution is 2.46. The van der Waals surface area contributed by atoms with E-state index in [0.29, 0.717) is 0 Å². The number of alkyl halides is 3. The minimum Gasteiger partial charge on any atom is -0.383 e. The number of nitrogens with two attached hydrogens (primary N) is 1. The summed E-state index contributed by atoms with van der Waals surface area (Å²) in [6.07, 6.45) is -4.64. The smallest absolute Gasteiger partial charge is 0.383 e. The predicted octanol–water partition coefficient (Wildman–Crippen LogP) is 3.09. The van der Waals surface area contributed by atoms with Crippen LogP contribution in [0.15, 0.2) is 12.1 Å². The Labute approximate surface area is 209 Å². The zero-order chi connectivity index (χ0) is 27.3. The Balaban J connectivity index is 1.93. The Morgan fingerprint density at radius 3 is 2.57 bits per heavy atom. The van der Waals surface area contributed by atoms with E-state index < -0.39 is 42.3 Å². The third kappa shape index (κ3) is 4.49. The molecule has 0 saturated carbocycles.